The van der Waals surface area contributed by atoms with E-state index in [4.69, 9.17) is 10.5 Å². The third kappa shape index (κ3) is 2.74. The molecule has 0 atom stereocenters. The Bertz CT molecular complexity index is 597. The summed E-state index contributed by atoms with van der Waals surface area (Å²) in [5, 5.41) is 0. The highest BCUT2D eigenvalue weighted by Crippen LogP contribution is 2.31. The minimum Gasteiger partial charge on any atom is -0.462 e. The number of anilines is 3. The number of hydrogen-bond acceptors (Lipinski definition) is 4. The summed E-state index contributed by atoms with van der Waals surface area (Å²) in [6.45, 7) is 2.10. The Hall–Kier alpha value is -2.49. The summed E-state index contributed by atoms with van der Waals surface area (Å²) < 4.78 is 5.01. The molecule has 0 aromatic heterocycles. The summed E-state index contributed by atoms with van der Waals surface area (Å²) in [5.41, 5.74) is 8.71. The molecule has 2 rings (SSSR count). The lowest BCUT2D eigenvalue weighted by atomic mass is 10.1. The zero-order valence-electron chi connectivity index (χ0n) is 11.7. The van der Waals surface area contributed by atoms with Crippen LogP contribution in [0, 0.1) is 0 Å². The second-order valence-electron chi connectivity index (χ2n) is 4.35. The zero-order valence-corrected chi connectivity index (χ0v) is 11.7. The van der Waals surface area contributed by atoms with Crippen LogP contribution in [0.5, 0.6) is 0 Å². The van der Waals surface area contributed by atoms with Gasteiger partial charge in [0.05, 0.1) is 23.5 Å². The van der Waals surface area contributed by atoms with Crippen LogP contribution in [-0.2, 0) is 4.74 Å². The van der Waals surface area contributed by atoms with Gasteiger partial charge in [-0.05, 0) is 31.2 Å². The minimum atomic E-state index is -0.395. The molecule has 0 amide bonds. The van der Waals surface area contributed by atoms with Crippen molar-refractivity contribution in [3.05, 3.63) is 54.1 Å². The molecule has 0 saturated heterocycles. The minimum absolute atomic E-state index is 0.330. The van der Waals surface area contributed by atoms with E-state index in [9.17, 15) is 4.79 Å². The molecule has 0 aliphatic heterocycles. The van der Waals surface area contributed by atoms with E-state index in [2.05, 4.69) is 0 Å². The maximum absolute atomic E-state index is 11.9. The van der Waals surface area contributed by atoms with Gasteiger partial charge in [-0.3, -0.25) is 0 Å². The number of nitrogens with two attached hydrogens (primary N) is 1. The van der Waals surface area contributed by atoms with Gasteiger partial charge in [0.1, 0.15) is 0 Å². The predicted molar refractivity (Wildman–Crippen MR) is 81.3 cm³/mol. The van der Waals surface area contributed by atoms with E-state index < -0.39 is 5.97 Å². The molecule has 0 saturated carbocycles. The van der Waals surface area contributed by atoms with Crippen LogP contribution in [0.1, 0.15) is 17.3 Å². The van der Waals surface area contributed by atoms with Gasteiger partial charge in [0, 0.05) is 12.7 Å². The normalized spacial score (nSPS) is 10.1. The maximum atomic E-state index is 11.9. The molecule has 0 heterocycles. The summed E-state index contributed by atoms with van der Waals surface area (Å²) in [6.07, 6.45) is 0. The molecular weight excluding hydrogens is 252 g/mol. The quantitative estimate of drug-likeness (QED) is 0.684. The number of nitrogens with zero attached hydrogens (tertiary/aromatic N) is 1. The first-order valence-corrected chi connectivity index (χ1v) is 6.49. The van der Waals surface area contributed by atoms with Crippen LogP contribution in [0.4, 0.5) is 17.1 Å². The number of nitrogen functional groups attached to an aromatic ring is 1. The number of ether oxygens (including phenoxy) is 1. The Kier molecular flexibility index (Phi) is 4.25. The summed E-state index contributed by atoms with van der Waals surface area (Å²) in [6, 6.07) is 15.2. The van der Waals surface area contributed by atoms with E-state index in [1.54, 1.807) is 19.1 Å². The number of rotatable bonds is 4. The maximum Gasteiger partial charge on any atom is 0.340 e. The predicted octanol–water partition coefficient (Wildman–Crippen LogP) is 3.21. The highest BCUT2D eigenvalue weighted by atomic mass is 16.5. The van der Waals surface area contributed by atoms with Crippen molar-refractivity contribution in [3.8, 4) is 0 Å². The topological polar surface area (TPSA) is 55.6 Å². The van der Waals surface area contributed by atoms with Gasteiger partial charge in [-0.1, -0.05) is 24.3 Å². The van der Waals surface area contributed by atoms with Crippen molar-refractivity contribution >= 4 is 23.0 Å². The van der Waals surface area contributed by atoms with Gasteiger partial charge in [0.25, 0.3) is 0 Å². The third-order valence-electron chi connectivity index (χ3n) is 3.08. The van der Waals surface area contributed by atoms with Gasteiger partial charge in [-0.25, -0.2) is 4.79 Å². The number of para-hydroxylation sites is 2. The van der Waals surface area contributed by atoms with Crippen molar-refractivity contribution < 1.29 is 9.53 Å². The first-order valence-electron chi connectivity index (χ1n) is 6.49. The van der Waals surface area contributed by atoms with Gasteiger partial charge in [-0.2, -0.15) is 0 Å². The van der Waals surface area contributed by atoms with E-state index >= 15 is 0 Å². The molecule has 0 aliphatic carbocycles. The van der Waals surface area contributed by atoms with Crippen molar-refractivity contribution in [1.82, 2.24) is 0 Å². The number of esters is 1. The molecular formula is C16H18N2O2. The van der Waals surface area contributed by atoms with E-state index in [-0.39, 0.29) is 0 Å². The second kappa shape index (κ2) is 6.10. The largest absolute Gasteiger partial charge is 0.462 e. The fraction of sp³-hybridized carbons (Fsp3) is 0.188. The summed E-state index contributed by atoms with van der Waals surface area (Å²) in [7, 11) is 1.91. The van der Waals surface area contributed by atoms with Crippen molar-refractivity contribution in [2.45, 2.75) is 6.92 Å². The first-order chi connectivity index (χ1) is 9.65. The Morgan fingerprint density at radius 3 is 2.50 bits per heavy atom. The Morgan fingerprint density at radius 2 is 1.85 bits per heavy atom. The SMILES string of the molecule is CCOC(=O)c1cccc(N(C)c2ccccc2)c1N. The van der Waals surface area contributed by atoms with Crippen LogP contribution < -0.4 is 10.6 Å². The average Bonchev–Trinajstić information content (AvgIpc) is 2.48. The van der Waals surface area contributed by atoms with Crippen LogP contribution in [0.2, 0.25) is 0 Å². The van der Waals surface area contributed by atoms with Crippen molar-refractivity contribution in [2.75, 3.05) is 24.3 Å². The standard InChI is InChI=1S/C16H18N2O2/c1-3-20-16(19)13-10-7-11-14(15(13)17)18(2)12-8-5-4-6-9-12/h4-11H,3,17H2,1-2H3. The summed E-state index contributed by atoms with van der Waals surface area (Å²) in [5.74, 6) is -0.395. The molecule has 2 aromatic carbocycles. The fourth-order valence-corrected chi connectivity index (χ4v) is 2.02. The van der Waals surface area contributed by atoms with Crippen molar-refractivity contribution in [2.24, 2.45) is 0 Å². The molecule has 0 fully saturated rings. The highest BCUT2D eigenvalue weighted by molar-refractivity contribution is 5.99. The van der Waals surface area contributed by atoms with Gasteiger partial charge >= 0.3 is 5.97 Å². The number of carbonyl (C=O) groups is 1. The van der Waals surface area contributed by atoms with Crippen molar-refractivity contribution in [3.63, 3.8) is 0 Å². The Morgan fingerprint density at radius 1 is 1.15 bits per heavy atom. The fourth-order valence-electron chi connectivity index (χ4n) is 2.02. The lowest BCUT2D eigenvalue weighted by Crippen LogP contribution is -2.15. The monoisotopic (exact) mass is 270 g/mol. The lowest BCUT2D eigenvalue weighted by molar-refractivity contribution is 0.0527. The number of carbonyl (C=O) groups excluding carboxylic acids is 1. The number of benzene rings is 2. The third-order valence-corrected chi connectivity index (χ3v) is 3.08. The lowest BCUT2D eigenvalue weighted by Gasteiger charge is -2.22. The van der Waals surface area contributed by atoms with E-state index in [1.807, 2.05) is 48.3 Å². The van der Waals surface area contributed by atoms with Gasteiger partial charge < -0.3 is 15.4 Å². The summed E-state index contributed by atoms with van der Waals surface area (Å²) >= 11 is 0. The second-order valence-corrected chi connectivity index (χ2v) is 4.35. The number of hydrogen-bond donors (Lipinski definition) is 1. The molecule has 0 aliphatic rings. The van der Waals surface area contributed by atoms with Gasteiger partial charge in [0.15, 0.2) is 0 Å². The Labute approximate surface area is 118 Å². The molecule has 20 heavy (non-hydrogen) atoms. The van der Waals surface area contributed by atoms with Gasteiger partial charge in [0.2, 0.25) is 0 Å². The van der Waals surface area contributed by atoms with Crippen LogP contribution in [0.3, 0.4) is 0 Å². The average molecular weight is 270 g/mol. The van der Waals surface area contributed by atoms with Gasteiger partial charge in [-0.15, -0.1) is 0 Å². The molecule has 2 N–H and O–H groups in total. The molecule has 0 radical (unpaired) electrons. The molecule has 0 bridgehead atoms. The molecule has 4 heteroatoms. The smallest absolute Gasteiger partial charge is 0.340 e. The molecule has 104 valence electrons. The summed E-state index contributed by atoms with van der Waals surface area (Å²) in [4.78, 5) is 13.8. The van der Waals surface area contributed by atoms with Crippen LogP contribution in [0.15, 0.2) is 48.5 Å². The molecule has 4 nitrogen and oxygen atoms in total. The molecule has 0 unspecified atom stereocenters. The molecule has 0 spiro atoms. The van der Waals surface area contributed by atoms with Crippen molar-refractivity contribution in [1.29, 1.82) is 0 Å². The van der Waals surface area contributed by atoms with E-state index in [0.29, 0.717) is 17.9 Å². The zero-order chi connectivity index (χ0) is 14.5. The van der Waals surface area contributed by atoms with E-state index in [0.717, 1.165) is 11.4 Å². The highest BCUT2D eigenvalue weighted by Gasteiger charge is 2.16. The first kappa shape index (κ1) is 13.9. The Balaban J connectivity index is 2.38. The van der Waals surface area contributed by atoms with Crippen LogP contribution in [-0.4, -0.2) is 19.6 Å². The van der Waals surface area contributed by atoms with Crippen LogP contribution in [0.25, 0.3) is 0 Å². The van der Waals surface area contributed by atoms with E-state index in [1.165, 1.54) is 0 Å². The molecule has 2 aromatic rings. The van der Waals surface area contributed by atoms with Crippen LogP contribution >= 0.6 is 0 Å².